The molecule has 0 aliphatic carbocycles. The summed E-state index contributed by atoms with van der Waals surface area (Å²) in [6, 6.07) is 0.714. The number of hydrogen-bond donors (Lipinski definition) is 1. The van der Waals surface area contributed by atoms with Gasteiger partial charge in [-0.15, -0.1) is 0 Å². The molecule has 1 rings (SSSR count). The van der Waals surface area contributed by atoms with Gasteiger partial charge in [0.25, 0.3) is 0 Å². The molecule has 1 aliphatic heterocycles. The lowest BCUT2D eigenvalue weighted by molar-refractivity contribution is 0.0560. The number of aliphatic hydroxyl groups excluding tert-OH is 1. The van der Waals surface area contributed by atoms with E-state index in [2.05, 4.69) is 18.9 Å². The summed E-state index contributed by atoms with van der Waals surface area (Å²) < 4.78 is 5.46. The number of hydrogen-bond acceptors (Lipinski definition) is 3. The summed E-state index contributed by atoms with van der Waals surface area (Å²) in [5, 5.41) is 8.97. The highest BCUT2D eigenvalue weighted by Crippen LogP contribution is 2.19. The van der Waals surface area contributed by atoms with E-state index in [0.29, 0.717) is 12.1 Å². The first kappa shape index (κ1) is 9.96. The number of nitrogens with zero attached hydrogens (tertiary/aromatic N) is 1. The number of ether oxygens (including phenoxy) is 1. The van der Waals surface area contributed by atoms with E-state index >= 15 is 0 Å². The second kappa shape index (κ2) is 4.21. The highest BCUT2D eigenvalue weighted by Gasteiger charge is 2.29. The normalized spacial score (nSPS) is 32.8. The van der Waals surface area contributed by atoms with Gasteiger partial charge in [-0.3, -0.25) is 4.90 Å². The van der Waals surface area contributed by atoms with Crippen LogP contribution < -0.4 is 0 Å². The first-order chi connectivity index (χ1) is 5.66. The van der Waals surface area contributed by atoms with Gasteiger partial charge in [-0.25, -0.2) is 0 Å². The molecule has 0 amide bonds. The Labute approximate surface area is 74.3 Å². The van der Waals surface area contributed by atoms with Crippen molar-refractivity contribution in [1.82, 2.24) is 4.90 Å². The van der Waals surface area contributed by atoms with Crippen LogP contribution in [0.25, 0.3) is 0 Å². The molecular formula is C9H19NO2. The van der Waals surface area contributed by atoms with Gasteiger partial charge in [0.15, 0.2) is 0 Å². The molecule has 3 unspecified atom stereocenters. The van der Waals surface area contributed by atoms with Gasteiger partial charge in [-0.05, 0) is 27.3 Å². The minimum atomic E-state index is 0.222. The maximum atomic E-state index is 8.97. The second-order valence-corrected chi connectivity index (χ2v) is 3.63. The van der Waals surface area contributed by atoms with Crippen molar-refractivity contribution in [2.24, 2.45) is 0 Å². The quantitative estimate of drug-likeness (QED) is 0.673. The summed E-state index contributed by atoms with van der Waals surface area (Å²) in [6.45, 7) is 5.21. The SMILES string of the molecule is CC1OCCC1N(C)C(C)CO. The Morgan fingerprint density at radius 3 is 2.75 bits per heavy atom. The molecule has 1 fully saturated rings. The van der Waals surface area contributed by atoms with E-state index in [9.17, 15) is 0 Å². The highest BCUT2D eigenvalue weighted by molar-refractivity contribution is 4.82. The van der Waals surface area contributed by atoms with E-state index in [1.54, 1.807) is 0 Å². The number of likely N-dealkylation sites (N-methyl/N-ethyl adjacent to an activating group) is 1. The van der Waals surface area contributed by atoms with Crippen LogP contribution in [0.1, 0.15) is 20.3 Å². The first-order valence-electron chi connectivity index (χ1n) is 4.61. The van der Waals surface area contributed by atoms with Gasteiger partial charge < -0.3 is 9.84 Å². The minimum Gasteiger partial charge on any atom is -0.395 e. The summed E-state index contributed by atoms with van der Waals surface area (Å²) in [7, 11) is 2.05. The van der Waals surface area contributed by atoms with Gasteiger partial charge in [-0.2, -0.15) is 0 Å². The van der Waals surface area contributed by atoms with Crippen molar-refractivity contribution in [3.63, 3.8) is 0 Å². The summed E-state index contributed by atoms with van der Waals surface area (Å²) in [4.78, 5) is 2.21. The predicted octanol–water partition coefficient (Wildman–Crippen LogP) is 0.476. The minimum absolute atomic E-state index is 0.222. The Kier molecular flexibility index (Phi) is 3.50. The Balaban J connectivity index is 2.45. The molecule has 0 saturated carbocycles. The van der Waals surface area contributed by atoms with E-state index in [4.69, 9.17) is 9.84 Å². The summed E-state index contributed by atoms with van der Waals surface area (Å²) >= 11 is 0. The van der Waals surface area contributed by atoms with Crippen LogP contribution in [0.3, 0.4) is 0 Å². The molecule has 1 N–H and O–H groups in total. The van der Waals surface area contributed by atoms with E-state index in [-0.39, 0.29) is 12.6 Å². The molecule has 12 heavy (non-hydrogen) atoms. The van der Waals surface area contributed by atoms with Crippen molar-refractivity contribution in [2.75, 3.05) is 20.3 Å². The number of aliphatic hydroxyl groups is 1. The van der Waals surface area contributed by atoms with Crippen molar-refractivity contribution in [1.29, 1.82) is 0 Å². The topological polar surface area (TPSA) is 32.7 Å². The number of rotatable bonds is 3. The van der Waals surface area contributed by atoms with E-state index in [0.717, 1.165) is 13.0 Å². The molecule has 3 heteroatoms. The summed E-state index contributed by atoms with van der Waals surface area (Å²) in [5.74, 6) is 0. The fourth-order valence-corrected chi connectivity index (χ4v) is 1.71. The van der Waals surface area contributed by atoms with Crippen LogP contribution in [0, 0.1) is 0 Å². The molecule has 1 saturated heterocycles. The van der Waals surface area contributed by atoms with Crippen LogP contribution >= 0.6 is 0 Å². The van der Waals surface area contributed by atoms with Gasteiger partial charge in [0, 0.05) is 18.7 Å². The van der Waals surface area contributed by atoms with Crippen molar-refractivity contribution >= 4 is 0 Å². The Hall–Kier alpha value is -0.120. The zero-order valence-electron chi connectivity index (χ0n) is 8.16. The van der Waals surface area contributed by atoms with Crippen molar-refractivity contribution in [2.45, 2.75) is 38.5 Å². The van der Waals surface area contributed by atoms with Crippen LogP contribution in [0.4, 0.5) is 0 Å². The molecule has 0 bridgehead atoms. The van der Waals surface area contributed by atoms with Crippen LogP contribution in [0.15, 0.2) is 0 Å². The van der Waals surface area contributed by atoms with Crippen molar-refractivity contribution in [3.8, 4) is 0 Å². The van der Waals surface area contributed by atoms with Crippen molar-refractivity contribution < 1.29 is 9.84 Å². The average molecular weight is 173 g/mol. The van der Waals surface area contributed by atoms with Gasteiger partial charge in [0.1, 0.15) is 0 Å². The zero-order valence-corrected chi connectivity index (χ0v) is 8.16. The third kappa shape index (κ3) is 1.97. The Morgan fingerprint density at radius 1 is 1.67 bits per heavy atom. The molecular weight excluding hydrogens is 154 g/mol. The predicted molar refractivity (Wildman–Crippen MR) is 48.1 cm³/mol. The molecule has 0 aromatic carbocycles. The standard InChI is InChI=1S/C9H19NO2/c1-7(6-11)10(3)9-4-5-12-8(9)2/h7-9,11H,4-6H2,1-3H3. The maximum Gasteiger partial charge on any atom is 0.0703 e. The van der Waals surface area contributed by atoms with Crippen LogP contribution in [-0.4, -0.2) is 48.5 Å². The van der Waals surface area contributed by atoms with E-state index in [1.165, 1.54) is 0 Å². The monoisotopic (exact) mass is 173 g/mol. The Morgan fingerprint density at radius 2 is 2.33 bits per heavy atom. The molecule has 0 spiro atoms. The molecule has 0 aromatic rings. The molecule has 3 nitrogen and oxygen atoms in total. The van der Waals surface area contributed by atoms with Crippen LogP contribution in [0.2, 0.25) is 0 Å². The lowest BCUT2D eigenvalue weighted by atomic mass is 10.1. The van der Waals surface area contributed by atoms with E-state index < -0.39 is 0 Å². The fourth-order valence-electron chi connectivity index (χ4n) is 1.71. The zero-order chi connectivity index (χ0) is 9.14. The molecule has 1 aliphatic rings. The molecule has 3 atom stereocenters. The maximum absolute atomic E-state index is 8.97. The Bertz CT molecular complexity index is 140. The highest BCUT2D eigenvalue weighted by atomic mass is 16.5. The lowest BCUT2D eigenvalue weighted by Gasteiger charge is -2.31. The second-order valence-electron chi connectivity index (χ2n) is 3.63. The first-order valence-corrected chi connectivity index (χ1v) is 4.61. The summed E-state index contributed by atoms with van der Waals surface area (Å²) in [6.07, 6.45) is 1.39. The molecule has 0 aromatic heterocycles. The van der Waals surface area contributed by atoms with Crippen LogP contribution in [-0.2, 0) is 4.74 Å². The van der Waals surface area contributed by atoms with E-state index in [1.807, 2.05) is 6.92 Å². The van der Waals surface area contributed by atoms with Crippen LogP contribution in [0.5, 0.6) is 0 Å². The largest absolute Gasteiger partial charge is 0.395 e. The van der Waals surface area contributed by atoms with Gasteiger partial charge >= 0.3 is 0 Å². The van der Waals surface area contributed by atoms with Crippen molar-refractivity contribution in [3.05, 3.63) is 0 Å². The third-order valence-corrected chi connectivity index (χ3v) is 2.82. The third-order valence-electron chi connectivity index (χ3n) is 2.82. The molecule has 72 valence electrons. The molecule has 1 heterocycles. The smallest absolute Gasteiger partial charge is 0.0703 e. The summed E-state index contributed by atoms with van der Waals surface area (Å²) in [5.41, 5.74) is 0. The lowest BCUT2D eigenvalue weighted by Crippen LogP contribution is -2.43. The molecule has 0 radical (unpaired) electrons. The van der Waals surface area contributed by atoms with Gasteiger partial charge in [-0.1, -0.05) is 0 Å². The fraction of sp³-hybridized carbons (Fsp3) is 1.00. The average Bonchev–Trinajstić information content (AvgIpc) is 2.48. The van der Waals surface area contributed by atoms with Gasteiger partial charge in [0.2, 0.25) is 0 Å². The van der Waals surface area contributed by atoms with Gasteiger partial charge in [0.05, 0.1) is 12.7 Å².